The van der Waals surface area contributed by atoms with Crippen LogP contribution in [0.25, 0.3) is 0 Å². The maximum Gasteiger partial charge on any atom is 0.264 e. The second-order valence-corrected chi connectivity index (χ2v) is 12.4. The van der Waals surface area contributed by atoms with Gasteiger partial charge in [0.15, 0.2) is 0 Å². The zero-order valence-corrected chi connectivity index (χ0v) is 26.6. The Hall–Kier alpha value is -4.77. The number of nitrogens with one attached hydrogen (secondary N) is 1. The van der Waals surface area contributed by atoms with Gasteiger partial charge in [0.05, 0.1) is 17.2 Å². The molecule has 1 atom stereocenters. The van der Waals surface area contributed by atoms with Gasteiger partial charge in [-0.3, -0.25) is 13.9 Å². The molecule has 1 N–H and O–H groups in total. The van der Waals surface area contributed by atoms with Crippen LogP contribution in [0.5, 0.6) is 5.75 Å². The Kier molecular flexibility index (Phi) is 11.9. The summed E-state index contributed by atoms with van der Waals surface area (Å²) in [6.45, 7) is 3.37. The minimum Gasteiger partial charge on any atom is -0.494 e. The number of anilines is 1. The molecule has 0 aliphatic rings. The first kappa shape index (κ1) is 34.1. The Labute approximate surface area is 268 Å². The van der Waals surface area contributed by atoms with Crippen molar-refractivity contribution in [2.45, 2.75) is 44.2 Å². The van der Waals surface area contributed by atoms with Gasteiger partial charge in [-0.25, -0.2) is 17.2 Å². The molecule has 11 heteroatoms. The maximum absolute atomic E-state index is 15.0. The zero-order valence-electron chi connectivity index (χ0n) is 25.7. The molecule has 0 heterocycles. The Morgan fingerprint density at radius 2 is 1.50 bits per heavy atom. The van der Waals surface area contributed by atoms with E-state index in [-0.39, 0.29) is 29.1 Å². The first-order valence-electron chi connectivity index (χ1n) is 15.0. The minimum absolute atomic E-state index is 0.0320. The SMILES string of the molecule is CCCNC(=O)[C@H](Cc1ccccc1)N(Cc1ccccc1F)C(=O)CN(c1ccc(F)cc1)S(=O)(=O)c1ccc(OCC)cc1. The summed E-state index contributed by atoms with van der Waals surface area (Å²) in [6.07, 6.45) is 0.739. The van der Waals surface area contributed by atoms with Crippen molar-refractivity contribution in [2.24, 2.45) is 0 Å². The number of sulfonamides is 1. The molecule has 0 aliphatic carbocycles. The molecule has 0 saturated heterocycles. The molecule has 0 bridgehead atoms. The van der Waals surface area contributed by atoms with Crippen LogP contribution in [-0.4, -0.2) is 50.9 Å². The smallest absolute Gasteiger partial charge is 0.264 e. The number of carbonyl (C=O) groups is 2. The molecule has 4 aromatic rings. The number of nitrogens with zero attached hydrogens (tertiary/aromatic N) is 2. The van der Waals surface area contributed by atoms with Crippen LogP contribution in [0.3, 0.4) is 0 Å². The summed E-state index contributed by atoms with van der Waals surface area (Å²) in [7, 11) is -4.39. The van der Waals surface area contributed by atoms with Crippen molar-refractivity contribution in [1.82, 2.24) is 10.2 Å². The molecule has 8 nitrogen and oxygen atoms in total. The highest BCUT2D eigenvalue weighted by Gasteiger charge is 2.35. The molecule has 0 radical (unpaired) electrons. The third kappa shape index (κ3) is 8.69. The van der Waals surface area contributed by atoms with E-state index in [2.05, 4.69) is 5.32 Å². The van der Waals surface area contributed by atoms with E-state index in [1.807, 2.05) is 25.1 Å². The van der Waals surface area contributed by atoms with Crippen molar-refractivity contribution >= 4 is 27.5 Å². The summed E-state index contributed by atoms with van der Waals surface area (Å²) in [6, 6.07) is 24.2. The number of hydrogen-bond donors (Lipinski definition) is 1. The molecular formula is C35H37F2N3O5S. The van der Waals surface area contributed by atoms with Crippen LogP contribution in [-0.2, 0) is 32.6 Å². The summed E-state index contributed by atoms with van der Waals surface area (Å²) in [4.78, 5) is 29.1. The average molecular weight is 650 g/mol. The highest BCUT2D eigenvalue weighted by atomic mass is 32.2. The molecule has 0 fully saturated rings. The number of rotatable bonds is 15. The topological polar surface area (TPSA) is 96.0 Å². The fraction of sp³-hybridized carbons (Fsp3) is 0.257. The van der Waals surface area contributed by atoms with E-state index < -0.39 is 46.1 Å². The normalized spacial score (nSPS) is 11.8. The number of ether oxygens (including phenoxy) is 1. The molecule has 242 valence electrons. The molecule has 0 saturated carbocycles. The fourth-order valence-electron chi connectivity index (χ4n) is 4.87. The Morgan fingerprint density at radius 3 is 2.13 bits per heavy atom. The van der Waals surface area contributed by atoms with Crippen LogP contribution < -0.4 is 14.4 Å². The molecule has 0 aromatic heterocycles. The summed E-state index contributed by atoms with van der Waals surface area (Å²) in [5.74, 6) is -1.92. The van der Waals surface area contributed by atoms with Crippen molar-refractivity contribution in [3.63, 3.8) is 0 Å². The molecule has 0 aliphatic heterocycles. The van der Waals surface area contributed by atoms with Crippen LogP contribution in [0.2, 0.25) is 0 Å². The highest BCUT2D eigenvalue weighted by molar-refractivity contribution is 7.92. The third-order valence-electron chi connectivity index (χ3n) is 7.24. The summed E-state index contributed by atoms with van der Waals surface area (Å²) < 4.78 is 63.4. The lowest BCUT2D eigenvalue weighted by atomic mass is 10.0. The van der Waals surface area contributed by atoms with Crippen LogP contribution in [0, 0.1) is 11.6 Å². The average Bonchev–Trinajstić information content (AvgIpc) is 3.06. The number of halogens is 2. The van der Waals surface area contributed by atoms with Crippen molar-refractivity contribution in [2.75, 3.05) is 24.0 Å². The number of amides is 2. The molecule has 4 rings (SSSR count). The number of hydrogen-bond acceptors (Lipinski definition) is 5. The van der Waals surface area contributed by atoms with Crippen LogP contribution >= 0.6 is 0 Å². The molecule has 0 spiro atoms. The molecule has 4 aromatic carbocycles. The fourth-order valence-corrected chi connectivity index (χ4v) is 6.28. The van der Waals surface area contributed by atoms with E-state index >= 15 is 0 Å². The molecular weight excluding hydrogens is 612 g/mol. The van der Waals surface area contributed by atoms with Crippen molar-refractivity contribution in [1.29, 1.82) is 0 Å². The highest BCUT2D eigenvalue weighted by Crippen LogP contribution is 2.27. The number of carbonyl (C=O) groups excluding carboxylic acids is 2. The summed E-state index contributed by atoms with van der Waals surface area (Å²) in [5.41, 5.74) is 0.937. The summed E-state index contributed by atoms with van der Waals surface area (Å²) >= 11 is 0. The van der Waals surface area contributed by atoms with E-state index in [9.17, 15) is 26.8 Å². The summed E-state index contributed by atoms with van der Waals surface area (Å²) in [5, 5.41) is 2.84. The van der Waals surface area contributed by atoms with Crippen molar-refractivity contribution in [3.05, 3.63) is 126 Å². The van der Waals surface area contributed by atoms with Gasteiger partial charge in [-0.15, -0.1) is 0 Å². The Bertz CT molecular complexity index is 1700. The van der Waals surface area contributed by atoms with Gasteiger partial charge in [-0.2, -0.15) is 0 Å². The predicted molar refractivity (Wildman–Crippen MR) is 173 cm³/mol. The second kappa shape index (κ2) is 16.0. The first-order chi connectivity index (χ1) is 22.1. The first-order valence-corrected chi connectivity index (χ1v) is 16.4. The largest absolute Gasteiger partial charge is 0.494 e. The van der Waals surface area contributed by atoms with Gasteiger partial charge in [0, 0.05) is 25.1 Å². The number of benzene rings is 4. The van der Waals surface area contributed by atoms with Crippen LogP contribution in [0.1, 0.15) is 31.4 Å². The standard InChI is InChI=1S/C35H37F2N3O5S/c1-3-22-38-35(42)33(23-26-10-6-5-7-11-26)39(24-27-12-8-9-13-32(27)37)34(41)25-40(29-16-14-28(36)15-17-29)46(43,44)31-20-18-30(19-21-31)45-4-2/h5-21,33H,3-4,22-25H2,1-2H3,(H,38,42)/t33-/m0/s1. The Balaban J connectivity index is 1.79. The van der Waals surface area contributed by atoms with Gasteiger partial charge in [0.1, 0.15) is 30.0 Å². The lowest BCUT2D eigenvalue weighted by molar-refractivity contribution is -0.140. The third-order valence-corrected chi connectivity index (χ3v) is 9.02. The van der Waals surface area contributed by atoms with Gasteiger partial charge in [0.25, 0.3) is 10.0 Å². The maximum atomic E-state index is 15.0. The van der Waals surface area contributed by atoms with Gasteiger partial charge in [0.2, 0.25) is 11.8 Å². The van der Waals surface area contributed by atoms with E-state index in [1.54, 1.807) is 25.1 Å². The lowest BCUT2D eigenvalue weighted by Gasteiger charge is -2.34. The lowest BCUT2D eigenvalue weighted by Crippen LogP contribution is -2.53. The van der Waals surface area contributed by atoms with Crippen LogP contribution in [0.4, 0.5) is 14.5 Å². The van der Waals surface area contributed by atoms with Gasteiger partial charge in [-0.1, -0.05) is 55.5 Å². The van der Waals surface area contributed by atoms with Gasteiger partial charge < -0.3 is 15.0 Å². The molecule has 46 heavy (non-hydrogen) atoms. The van der Waals surface area contributed by atoms with Crippen molar-refractivity contribution < 1.29 is 31.5 Å². The van der Waals surface area contributed by atoms with E-state index in [4.69, 9.17) is 4.74 Å². The van der Waals surface area contributed by atoms with Crippen molar-refractivity contribution in [3.8, 4) is 5.75 Å². The Morgan fingerprint density at radius 1 is 0.848 bits per heavy atom. The van der Waals surface area contributed by atoms with Crippen LogP contribution in [0.15, 0.2) is 108 Å². The van der Waals surface area contributed by atoms with E-state index in [0.717, 1.165) is 22.0 Å². The van der Waals surface area contributed by atoms with Gasteiger partial charge in [-0.05, 0) is 73.5 Å². The van der Waals surface area contributed by atoms with E-state index in [1.165, 1.54) is 59.5 Å². The van der Waals surface area contributed by atoms with Gasteiger partial charge >= 0.3 is 0 Å². The van der Waals surface area contributed by atoms with E-state index in [0.29, 0.717) is 25.3 Å². The second-order valence-electron chi connectivity index (χ2n) is 10.5. The monoisotopic (exact) mass is 649 g/mol. The minimum atomic E-state index is -4.39. The molecule has 2 amide bonds. The predicted octanol–water partition coefficient (Wildman–Crippen LogP) is 5.73. The quantitative estimate of drug-likeness (QED) is 0.178. The molecule has 0 unspecified atom stereocenters. The zero-order chi connectivity index (χ0) is 33.1.